The Morgan fingerprint density at radius 1 is 1.67 bits per heavy atom. The Hall–Kier alpha value is -0.790. The maximum atomic E-state index is 11.1. The first-order chi connectivity index (χ1) is 5.77. The second-order valence-electron chi connectivity index (χ2n) is 3.26. The van der Waals surface area contributed by atoms with E-state index in [0.29, 0.717) is 12.5 Å². The zero-order valence-corrected chi connectivity index (χ0v) is 7.75. The first kappa shape index (κ1) is 9.30. The number of carbonyl (C=O) groups is 1. The van der Waals surface area contributed by atoms with Gasteiger partial charge >= 0.3 is 5.97 Å². The summed E-state index contributed by atoms with van der Waals surface area (Å²) in [6.45, 7) is 4.60. The van der Waals surface area contributed by atoms with Gasteiger partial charge < -0.3 is 4.74 Å². The molecular formula is C10H16O2. The molecule has 0 N–H and O–H groups in total. The lowest BCUT2D eigenvalue weighted by atomic mass is 9.90. The zero-order valence-electron chi connectivity index (χ0n) is 7.75. The van der Waals surface area contributed by atoms with E-state index >= 15 is 0 Å². The Kier molecular flexibility index (Phi) is 3.32. The third kappa shape index (κ3) is 2.10. The molecular weight excluding hydrogens is 152 g/mol. The van der Waals surface area contributed by atoms with Crippen LogP contribution in [0.25, 0.3) is 0 Å². The molecule has 1 heterocycles. The van der Waals surface area contributed by atoms with Crippen LogP contribution in [-0.2, 0) is 9.53 Å². The summed E-state index contributed by atoms with van der Waals surface area (Å²) in [5, 5.41) is 0. The van der Waals surface area contributed by atoms with E-state index in [1.165, 1.54) is 0 Å². The highest BCUT2D eigenvalue weighted by Crippen LogP contribution is 2.23. The van der Waals surface area contributed by atoms with Crippen molar-refractivity contribution in [2.75, 3.05) is 6.61 Å². The molecule has 0 radical (unpaired) electrons. The summed E-state index contributed by atoms with van der Waals surface area (Å²) in [4.78, 5) is 11.1. The van der Waals surface area contributed by atoms with Crippen molar-refractivity contribution >= 4 is 5.97 Å². The SMILES string of the molecule is C/C=C/C1COC(=O)C(CC)C1. The predicted octanol–water partition coefficient (Wildman–Crippen LogP) is 2.15. The van der Waals surface area contributed by atoms with E-state index in [2.05, 4.69) is 6.08 Å². The van der Waals surface area contributed by atoms with Crippen molar-refractivity contribution in [2.24, 2.45) is 11.8 Å². The van der Waals surface area contributed by atoms with Gasteiger partial charge in [0.1, 0.15) is 0 Å². The maximum Gasteiger partial charge on any atom is 0.308 e. The molecule has 1 aliphatic heterocycles. The van der Waals surface area contributed by atoms with Crippen molar-refractivity contribution in [3.63, 3.8) is 0 Å². The summed E-state index contributed by atoms with van der Waals surface area (Å²) in [7, 11) is 0. The third-order valence-corrected chi connectivity index (χ3v) is 2.32. The minimum Gasteiger partial charge on any atom is -0.465 e. The lowest BCUT2D eigenvalue weighted by Gasteiger charge is -2.25. The van der Waals surface area contributed by atoms with Crippen molar-refractivity contribution in [1.29, 1.82) is 0 Å². The monoisotopic (exact) mass is 168 g/mol. The van der Waals surface area contributed by atoms with Gasteiger partial charge in [-0.1, -0.05) is 19.1 Å². The predicted molar refractivity (Wildman–Crippen MR) is 47.7 cm³/mol. The number of hydrogen-bond donors (Lipinski definition) is 0. The molecule has 0 aromatic carbocycles. The van der Waals surface area contributed by atoms with E-state index in [1.807, 2.05) is 19.9 Å². The third-order valence-electron chi connectivity index (χ3n) is 2.32. The standard InChI is InChI=1S/C10H16O2/c1-3-5-8-6-9(4-2)10(11)12-7-8/h3,5,8-9H,4,6-7H2,1-2H3/b5-3+. The molecule has 12 heavy (non-hydrogen) atoms. The van der Waals surface area contributed by atoms with Crippen LogP contribution in [0.15, 0.2) is 12.2 Å². The number of rotatable bonds is 2. The van der Waals surface area contributed by atoms with Gasteiger partial charge in [-0.2, -0.15) is 0 Å². The van der Waals surface area contributed by atoms with Crippen molar-refractivity contribution in [2.45, 2.75) is 26.7 Å². The highest BCUT2D eigenvalue weighted by Gasteiger charge is 2.27. The van der Waals surface area contributed by atoms with E-state index < -0.39 is 0 Å². The number of allylic oxidation sites excluding steroid dienone is 1. The first-order valence-corrected chi connectivity index (χ1v) is 4.57. The Morgan fingerprint density at radius 2 is 2.42 bits per heavy atom. The zero-order chi connectivity index (χ0) is 8.97. The average molecular weight is 168 g/mol. The molecule has 0 bridgehead atoms. The fraction of sp³-hybridized carbons (Fsp3) is 0.700. The van der Waals surface area contributed by atoms with E-state index in [1.54, 1.807) is 0 Å². The first-order valence-electron chi connectivity index (χ1n) is 4.57. The highest BCUT2D eigenvalue weighted by molar-refractivity contribution is 5.73. The number of esters is 1. The van der Waals surface area contributed by atoms with E-state index in [0.717, 1.165) is 12.8 Å². The van der Waals surface area contributed by atoms with Crippen LogP contribution in [0.3, 0.4) is 0 Å². The molecule has 2 heteroatoms. The molecule has 2 nitrogen and oxygen atoms in total. The van der Waals surface area contributed by atoms with Crippen LogP contribution in [0.4, 0.5) is 0 Å². The minimum absolute atomic E-state index is 0.0155. The molecule has 0 aliphatic carbocycles. The summed E-state index contributed by atoms with van der Waals surface area (Å²) in [6, 6.07) is 0. The van der Waals surface area contributed by atoms with E-state index in [4.69, 9.17) is 4.74 Å². The lowest BCUT2D eigenvalue weighted by Crippen LogP contribution is -2.29. The van der Waals surface area contributed by atoms with Crippen LogP contribution < -0.4 is 0 Å². The normalized spacial score (nSPS) is 30.7. The lowest BCUT2D eigenvalue weighted by molar-refractivity contribution is -0.155. The second-order valence-corrected chi connectivity index (χ2v) is 3.26. The average Bonchev–Trinajstić information content (AvgIpc) is 2.09. The molecule has 0 aromatic rings. The maximum absolute atomic E-state index is 11.1. The number of hydrogen-bond acceptors (Lipinski definition) is 2. The van der Waals surface area contributed by atoms with Crippen LogP contribution in [-0.4, -0.2) is 12.6 Å². The Bertz CT molecular complexity index is 184. The molecule has 1 saturated heterocycles. The molecule has 0 aromatic heterocycles. The van der Waals surface area contributed by atoms with Gasteiger partial charge in [0.15, 0.2) is 0 Å². The molecule has 1 aliphatic rings. The molecule has 1 fully saturated rings. The van der Waals surface area contributed by atoms with Crippen LogP contribution in [0.2, 0.25) is 0 Å². The van der Waals surface area contributed by atoms with Gasteiger partial charge in [-0.3, -0.25) is 4.79 Å². The molecule has 2 unspecified atom stereocenters. The topological polar surface area (TPSA) is 26.3 Å². The van der Waals surface area contributed by atoms with Gasteiger partial charge in [0.05, 0.1) is 12.5 Å². The number of carbonyl (C=O) groups excluding carboxylic acids is 1. The molecule has 1 rings (SSSR count). The summed E-state index contributed by atoms with van der Waals surface area (Å²) in [5.74, 6) is 0.552. The fourth-order valence-corrected chi connectivity index (χ4v) is 1.58. The summed E-state index contributed by atoms with van der Waals surface area (Å²) >= 11 is 0. The summed E-state index contributed by atoms with van der Waals surface area (Å²) in [5.41, 5.74) is 0. The molecule has 68 valence electrons. The molecule has 0 saturated carbocycles. The van der Waals surface area contributed by atoms with Crippen LogP contribution >= 0.6 is 0 Å². The van der Waals surface area contributed by atoms with Gasteiger partial charge in [0, 0.05) is 5.92 Å². The number of ether oxygens (including phenoxy) is 1. The van der Waals surface area contributed by atoms with Crippen molar-refractivity contribution < 1.29 is 9.53 Å². The van der Waals surface area contributed by atoms with Gasteiger partial charge in [0.25, 0.3) is 0 Å². The van der Waals surface area contributed by atoms with Crippen LogP contribution in [0, 0.1) is 11.8 Å². The minimum atomic E-state index is -0.0155. The van der Waals surface area contributed by atoms with Crippen LogP contribution in [0.1, 0.15) is 26.7 Å². The van der Waals surface area contributed by atoms with Crippen molar-refractivity contribution in [3.05, 3.63) is 12.2 Å². The van der Waals surface area contributed by atoms with Gasteiger partial charge in [-0.25, -0.2) is 0 Å². The van der Waals surface area contributed by atoms with Crippen molar-refractivity contribution in [3.8, 4) is 0 Å². The Labute approximate surface area is 73.6 Å². The smallest absolute Gasteiger partial charge is 0.308 e. The van der Waals surface area contributed by atoms with E-state index in [9.17, 15) is 4.79 Å². The Balaban J connectivity index is 2.49. The summed E-state index contributed by atoms with van der Waals surface area (Å²) in [6.07, 6.45) is 6.00. The van der Waals surface area contributed by atoms with E-state index in [-0.39, 0.29) is 11.9 Å². The molecule has 2 atom stereocenters. The highest BCUT2D eigenvalue weighted by atomic mass is 16.5. The summed E-state index contributed by atoms with van der Waals surface area (Å²) < 4.78 is 5.06. The quantitative estimate of drug-likeness (QED) is 0.466. The Morgan fingerprint density at radius 3 is 3.00 bits per heavy atom. The van der Waals surface area contributed by atoms with Crippen molar-refractivity contribution in [1.82, 2.24) is 0 Å². The van der Waals surface area contributed by atoms with Gasteiger partial charge in [-0.05, 0) is 19.8 Å². The van der Waals surface area contributed by atoms with Crippen LogP contribution in [0.5, 0.6) is 0 Å². The molecule has 0 spiro atoms. The van der Waals surface area contributed by atoms with Gasteiger partial charge in [0.2, 0.25) is 0 Å². The largest absolute Gasteiger partial charge is 0.465 e. The second kappa shape index (κ2) is 4.29. The van der Waals surface area contributed by atoms with Gasteiger partial charge in [-0.15, -0.1) is 0 Å². The number of cyclic esters (lactones) is 1. The fourth-order valence-electron chi connectivity index (χ4n) is 1.58. The molecule has 0 amide bonds.